The van der Waals surface area contributed by atoms with Gasteiger partial charge >= 0.3 is 0 Å². The second-order valence-electron chi connectivity index (χ2n) is 2.51. The topological polar surface area (TPSA) is 36.1 Å². The van der Waals surface area contributed by atoms with Gasteiger partial charge in [0.25, 0.3) is 0 Å². The molecule has 1 amide bonds. The highest BCUT2D eigenvalue weighted by molar-refractivity contribution is 5.60. The first-order valence-electron chi connectivity index (χ1n) is 3.45. The molecule has 0 aromatic carbocycles. The molecule has 1 aliphatic heterocycles. The number of hydrogen-bond donors (Lipinski definition) is 1. The molecule has 2 heterocycles. The number of carbonyl (C=O) groups excluding carboxylic acids is 1. The molecule has 0 bridgehead atoms. The summed E-state index contributed by atoms with van der Waals surface area (Å²) >= 11 is 0. The van der Waals surface area contributed by atoms with Gasteiger partial charge in [-0.3, -0.25) is 4.79 Å². The third-order valence-corrected chi connectivity index (χ3v) is 1.79. The third-order valence-electron chi connectivity index (χ3n) is 1.79. The van der Waals surface area contributed by atoms with Gasteiger partial charge in [-0.05, 0) is 17.7 Å². The SMILES string of the molecule is O=CN1C=Cc2cc[nH]c2C1. The average molecular weight is 148 g/mol. The fraction of sp³-hybridized carbons (Fsp3) is 0.125. The van der Waals surface area contributed by atoms with Gasteiger partial charge in [0.1, 0.15) is 0 Å². The summed E-state index contributed by atoms with van der Waals surface area (Å²) in [4.78, 5) is 15.0. The molecule has 1 aliphatic rings. The van der Waals surface area contributed by atoms with Crippen LogP contribution in [0.25, 0.3) is 6.08 Å². The second kappa shape index (κ2) is 2.27. The van der Waals surface area contributed by atoms with Crippen LogP contribution in [0.5, 0.6) is 0 Å². The zero-order valence-corrected chi connectivity index (χ0v) is 5.95. The van der Waals surface area contributed by atoms with E-state index in [9.17, 15) is 4.79 Å². The van der Waals surface area contributed by atoms with Gasteiger partial charge < -0.3 is 9.88 Å². The van der Waals surface area contributed by atoms with Crippen molar-refractivity contribution in [2.24, 2.45) is 0 Å². The second-order valence-corrected chi connectivity index (χ2v) is 2.51. The van der Waals surface area contributed by atoms with Gasteiger partial charge in [-0.1, -0.05) is 0 Å². The molecular formula is C8H8N2O. The van der Waals surface area contributed by atoms with Crippen molar-refractivity contribution in [2.75, 3.05) is 0 Å². The van der Waals surface area contributed by atoms with Crippen LogP contribution in [0.1, 0.15) is 11.3 Å². The molecule has 0 radical (unpaired) electrons. The average Bonchev–Trinajstić information content (AvgIpc) is 2.50. The van der Waals surface area contributed by atoms with E-state index in [-0.39, 0.29) is 0 Å². The molecule has 0 spiro atoms. The van der Waals surface area contributed by atoms with Crippen molar-refractivity contribution in [3.63, 3.8) is 0 Å². The molecule has 3 heteroatoms. The number of carbonyl (C=O) groups is 1. The van der Waals surface area contributed by atoms with E-state index in [1.54, 1.807) is 11.1 Å². The monoisotopic (exact) mass is 148 g/mol. The number of aromatic amines is 1. The summed E-state index contributed by atoms with van der Waals surface area (Å²) in [6.45, 7) is 0.655. The summed E-state index contributed by atoms with van der Waals surface area (Å²) in [7, 11) is 0. The Morgan fingerprint density at radius 2 is 2.55 bits per heavy atom. The molecule has 0 saturated carbocycles. The minimum Gasteiger partial charge on any atom is -0.363 e. The molecule has 0 unspecified atom stereocenters. The number of nitrogens with one attached hydrogen (secondary N) is 1. The van der Waals surface area contributed by atoms with E-state index >= 15 is 0 Å². The van der Waals surface area contributed by atoms with E-state index < -0.39 is 0 Å². The third kappa shape index (κ3) is 0.941. The molecule has 2 rings (SSSR count). The Balaban J connectivity index is 2.35. The Morgan fingerprint density at radius 1 is 1.64 bits per heavy atom. The molecular weight excluding hydrogens is 140 g/mol. The number of nitrogens with zero attached hydrogens (tertiary/aromatic N) is 1. The van der Waals surface area contributed by atoms with Gasteiger partial charge in [-0.15, -0.1) is 0 Å². The maximum Gasteiger partial charge on any atom is 0.214 e. The van der Waals surface area contributed by atoms with Crippen molar-refractivity contribution in [3.8, 4) is 0 Å². The Bertz CT molecular complexity index is 301. The Labute approximate surface area is 64.3 Å². The maximum absolute atomic E-state index is 10.4. The number of aromatic nitrogens is 1. The van der Waals surface area contributed by atoms with E-state index in [4.69, 9.17) is 0 Å². The fourth-order valence-corrected chi connectivity index (χ4v) is 1.19. The minimum absolute atomic E-state index is 0.655. The lowest BCUT2D eigenvalue weighted by Gasteiger charge is -2.15. The van der Waals surface area contributed by atoms with Gasteiger partial charge in [0.05, 0.1) is 6.54 Å². The number of H-pyrrole nitrogens is 1. The quantitative estimate of drug-likeness (QED) is 0.591. The summed E-state index contributed by atoms with van der Waals surface area (Å²) in [6.07, 6.45) is 6.40. The largest absolute Gasteiger partial charge is 0.363 e. The van der Waals surface area contributed by atoms with Crippen molar-refractivity contribution < 1.29 is 4.79 Å². The van der Waals surface area contributed by atoms with Crippen LogP contribution < -0.4 is 0 Å². The van der Waals surface area contributed by atoms with Crippen LogP contribution in [0, 0.1) is 0 Å². The molecule has 1 aromatic heterocycles. The molecule has 3 nitrogen and oxygen atoms in total. The van der Waals surface area contributed by atoms with Crippen LogP contribution in [0.2, 0.25) is 0 Å². The van der Waals surface area contributed by atoms with Crippen molar-refractivity contribution in [1.29, 1.82) is 0 Å². The summed E-state index contributed by atoms with van der Waals surface area (Å²) in [6, 6.07) is 1.99. The molecule has 0 saturated heterocycles. The molecule has 0 fully saturated rings. The lowest BCUT2D eigenvalue weighted by Crippen LogP contribution is -2.17. The normalized spacial score (nSPS) is 14.7. The first kappa shape index (κ1) is 6.22. The van der Waals surface area contributed by atoms with Crippen LogP contribution in [-0.2, 0) is 11.3 Å². The highest BCUT2D eigenvalue weighted by Gasteiger charge is 2.08. The standard InChI is InChI=1S/C8H8N2O/c11-6-10-4-2-7-1-3-9-8(7)5-10/h1-4,6,9H,5H2. The zero-order valence-electron chi connectivity index (χ0n) is 5.95. The van der Waals surface area contributed by atoms with E-state index in [0.29, 0.717) is 6.54 Å². The summed E-state index contributed by atoms with van der Waals surface area (Å²) in [5, 5.41) is 0. The summed E-state index contributed by atoms with van der Waals surface area (Å²) in [5.41, 5.74) is 2.27. The lowest BCUT2D eigenvalue weighted by atomic mass is 10.2. The van der Waals surface area contributed by atoms with Gasteiger partial charge in [0.15, 0.2) is 0 Å². The van der Waals surface area contributed by atoms with E-state index in [1.807, 2.05) is 18.3 Å². The fourth-order valence-electron chi connectivity index (χ4n) is 1.19. The number of fused-ring (bicyclic) bond motifs is 1. The van der Waals surface area contributed by atoms with Crippen LogP contribution in [-0.4, -0.2) is 16.3 Å². The molecule has 0 aliphatic carbocycles. The molecule has 0 atom stereocenters. The molecule has 11 heavy (non-hydrogen) atoms. The zero-order chi connectivity index (χ0) is 7.68. The highest BCUT2D eigenvalue weighted by Crippen LogP contribution is 2.16. The highest BCUT2D eigenvalue weighted by atomic mass is 16.1. The Morgan fingerprint density at radius 3 is 3.36 bits per heavy atom. The van der Waals surface area contributed by atoms with Gasteiger partial charge in [0.2, 0.25) is 6.41 Å². The smallest absolute Gasteiger partial charge is 0.214 e. The predicted molar refractivity (Wildman–Crippen MR) is 41.4 cm³/mol. The van der Waals surface area contributed by atoms with E-state index in [1.165, 1.54) is 5.56 Å². The van der Waals surface area contributed by atoms with Crippen LogP contribution >= 0.6 is 0 Å². The van der Waals surface area contributed by atoms with Crippen molar-refractivity contribution in [1.82, 2.24) is 9.88 Å². The number of amides is 1. The molecule has 56 valence electrons. The maximum atomic E-state index is 10.4. The number of rotatable bonds is 1. The summed E-state index contributed by atoms with van der Waals surface area (Å²) < 4.78 is 0. The van der Waals surface area contributed by atoms with Crippen LogP contribution in [0.4, 0.5) is 0 Å². The first-order valence-corrected chi connectivity index (χ1v) is 3.45. The predicted octanol–water partition coefficient (Wildman–Crippen LogP) is 0.957. The number of hydrogen-bond acceptors (Lipinski definition) is 1. The van der Waals surface area contributed by atoms with Gasteiger partial charge in [-0.2, -0.15) is 0 Å². The first-order chi connectivity index (χ1) is 5.40. The molecule has 1 N–H and O–H groups in total. The Hall–Kier alpha value is -1.51. The van der Waals surface area contributed by atoms with E-state index in [2.05, 4.69) is 4.98 Å². The Kier molecular flexibility index (Phi) is 1.28. The van der Waals surface area contributed by atoms with Crippen molar-refractivity contribution in [2.45, 2.75) is 6.54 Å². The lowest BCUT2D eigenvalue weighted by molar-refractivity contribution is -0.116. The summed E-state index contributed by atoms with van der Waals surface area (Å²) in [5.74, 6) is 0. The van der Waals surface area contributed by atoms with Crippen LogP contribution in [0.3, 0.4) is 0 Å². The van der Waals surface area contributed by atoms with Crippen molar-refractivity contribution >= 4 is 12.5 Å². The minimum atomic E-state index is 0.655. The molecule has 1 aromatic rings. The van der Waals surface area contributed by atoms with Gasteiger partial charge in [0, 0.05) is 18.1 Å². The van der Waals surface area contributed by atoms with Crippen LogP contribution in [0.15, 0.2) is 18.5 Å². The van der Waals surface area contributed by atoms with Gasteiger partial charge in [-0.25, -0.2) is 0 Å². The van der Waals surface area contributed by atoms with Crippen molar-refractivity contribution in [3.05, 3.63) is 29.7 Å². The van der Waals surface area contributed by atoms with E-state index in [0.717, 1.165) is 12.1 Å².